The van der Waals surface area contributed by atoms with Crippen molar-refractivity contribution in [2.45, 2.75) is 0 Å². The smallest absolute Gasteiger partial charge is 0.279 e. The summed E-state index contributed by atoms with van der Waals surface area (Å²) in [6, 6.07) is 9.81. The van der Waals surface area contributed by atoms with E-state index in [-0.39, 0.29) is 17.7 Å². The number of urea groups is 1. The summed E-state index contributed by atoms with van der Waals surface area (Å²) < 4.78 is 1.14. The first-order chi connectivity index (χ1) is 13.5. The normalized spacial score (nSPS) is 13.5. The second-order valence-corrected chi connectivity index (χ2v) is 6.47. The molecule has 28 heavy (non-hydrogen) atoms. The highest BCUT2D eigenvalue weighted by molar-refractivity contribution is 6.30. The standard InChI is InChI=1S/C18H14ClN7O2/c1-24-15-14(22-21-13-7-3-6-12(19)9-13)16(25(2)18(24)28)26(23-15)17(27)11-5-4-8-20-10-11/h3-10H,1-2H3. The molecular formula is C18H14ClN7O2. The van der Waals surface area contributed by atoms with E-state index in [4.69, 9.17) is 11.6 Å². The molecule has 2 aromatic heterocycles. The first kappa shape index (κ1) is 17.8. The van der Waals surface area contributed by atoms with Crippen LogP contribution in [0.1, 0.15) is 10.4 Å². The number of hydrogen-bond acceptors (Lipinski definition) is 6. The fourth-order valence-corrected chi connectivity index (χ4v) is 3.00. The van der Waals surface area contributed by atoms with E-state index in [1.165, 1.54) is 16.0 Å². The number of azo groups is 1. The van der Waals surface area contributed by atoms with Gasteiger partial charge in [-0.05, 0) is 30.3 Å². The summed E-state index contributed by atoms with van der Waals surface area (Å²) in [5.74, 6) is 0.0438. The number of hydrogen-bond donors (Lipinski definition) is 0. The summed E-state index contributed by atoms with van der Waals surface area (Å²) in [4.78, 5) is 31.9. The van der Waals surface area contributed by atoms with Crippen molar-refractivity contribution in [2.75, 3.05) is 23.9 Å². The number of rotatable bonds is 3. The lowest BCUT2D eigenvalue weighted by Crippen LogP contribution is -2.41. The molecule has 10 heteroatoms. The van der Waals surface area contributed by atoms with Crippen LogP contribution in [-0.4, -0.2) is 40.8 Å². The number of amides is 2. The molecule has 0 atom stereocenters. The van der Waals surface area contributed by atoms with Crippen LogP contribution in [0.15, 0.2) is 59.0 Å². The van der Waals surface area contributed by atoms with E-state index in [1.807, 2.05) is 0 Å². The monoisotopic (exact) mass is 395 g/mol. The lowest BCUT2D eigenvalue weighted by molar-refractivity contribution is 0.0947. The molecule has 140 valence electrons. The van der Waals surface area contributed by atoms with Crippen LogP contribution in [0.4, 0.5) is 27.8 Å². The summed E-state index contributed by atoms with van der Waals surface area (Å²) in [6.45, 7) is 0. The van der Waals surface area contributed by atoms with Crippen molar-refractivity contribution in [1.82, 2.24) is 14.8 Å². The van der Waals surface area contributed by atoms with Crippen molar-refractivity contribution < 1.29 is 9.59 Å². The van der Waals surface area contributed by atoms with Gasteiger partial charge in [0.1, 0.15) is 0 Å². The third-order valence-electron chi connectivity index (χ3n) is 4.20. The molecule has 0 saturated heterocycles. The van der Waals surface area contributed by atoms with Crippen molar-refractivity contribution in [3.63, 3.8) is 0 Å². The third kappa shape index (κ3) is 2.91. The molecule has 1 aliphatic heterocycles. The molecule has 4 rings (SSSR count). The predicted octanol–water partition coefficient (Wildman–Crippen LogP) is 4.04. The van der Waals surface area contributed by atoms with Crippen LogP contribution in [0.25, 0.3) is 0 Å². The molecule has 0 saturated carbocycles. The number of fused-ring (bicyclic) bond motifs is 2. The van der Waals surface area contributed by atoms with Crippen molar-refractivity contribution in [1.29, 1.82) is 0 Å². The van der Waals surface area contributed by atoms with Crippen LogP contribution in [0.3, 0.4) is 0 Å². The number of nitrogens with zero attached hydrogens (tertiary/aromatic N) is 7. The Kier molecular flexibility index (Phi) is 4.36. The lowest BCUT2D eigenvalue weighted by Gasteiger charge is -2.26. The third-order valence-corrected chi connectivity index (χ3v) is 4.44. The summed E-state index contributed by atoms with van der Waals surface area (Å²) in [5, 5.41) is 13.3. The van der Waals surface area contributed by atoms with Gasteiger partial charge in [0.2, 0.25) is 0 Å². The Morgan fingerprint density at radius 3 is 2.64 bits per heavy atom. The number of aromatic nitrogens is 3. The Morgan fingerprint density at radius 1 is 1.11 bits per heavy atom. The van der Waals surface area contributed by atoms with Gasteiger partial charge >= 0.3 is 6.03 Å². The second-order valence-electron chi connectivity index (χ2n) is 6.03. The Balaban J connectivity index is 1.83. The van der Waals surface area contributed by atoms with E-state index >= 15 is 0 Å². The largest absolute Gasteiger partial charge is 0.330 e. The maximum Gasteiger partial charge on any atom is 0.330 e. The van der Waals surface area contributed by atoms with Crippen LogP contribution >= 0.6 is 11.6 Å². The van der Waals surface area contributed by atoms with Crippen molar-refractivity contribution in [2.24, 2.45) is 10.2 Å². The van der Waals surface area contributed by atoms with Crippen molar-refractivity contribution >= 4 is 46.5 Å². The number of anilines is 2. The van der Waals surface area contributed by atoms with Crippen LogP contribution in [-0.2, 0) is 0 Å². The quantitative estimate of drug-likeness (QED) is 0.625. The molecule has 3 heterocycles. The van der Waals surface area contributed by atoms with E-state index in [0.29, 0.717) is 22.0 Å². The molecular weight excluding hydrogens is 382 g/mol. The zero-order chi connectivity index (χ0) is 19.8. The Labute approximate surface area is 164 Å². The molecule has 0 radical (unpaired) electrons. The van der Waals surface area contributed by atoms with Crippen LogP contribution in [0.5, 0.6) is 0 Å². The van der Waals surface area contributed by atoms with Gasteiger partial charge in [-0.25, -0.2) is 4.79 Å². The fourth-order valence-electron chi connectivity index (χ4n) is 2.81. The van der Waals surface area contributed by atoms with Crippen molar-refractivity contribution in [3.05, 3.63) is 59.4 Å². The van der Waals surface area contributed by atoms with Crippen LogP contribution in [0, 0.1) is 0 Å². The highest BCUT2D eigenvalue weighted by Crippen LogP contribution is 2.43. The van der Waals surface area contributed by atoms with Crippen LogP contribution < -0.4 is 9.80 Å². The van der Waals surface area contributed by atoms with Gasteiger partial charge in [0.15, 0.2) is 17.3 Å². The molecule has 2 amide bonds. The first-order valence-corrected chi connectivity index (χ1v) is 8.61. The number of carbonyl (C=O) groups is 2. The predicted molar refractivity (Wildman–Crippen MR) is 104 cm³/mol. The summed E-state index contributed by atoms with van der Waals surface area (Å²) in [6.07, 6.45) is 3.00. The number of carbonyl (C=O) groups excluding carboxylic acids is 2. The molecule has 0 aliphatic carbocycles. The highest BCUT2D eigenvalue weighted by atomic mass is 35.5. The zero-order valence-electron chi connectivity index (χ0n) is 14.9. The second kappa shape index (κ2) is 6.86. The molecule has 0 unspecified atom stereocenters. The van der Waals surface area contributed by atoms with E-state index < -0.39 is 5.91 Å². The van der Waals surface area contributed by atoms with Gasteiger partial charge in [-0.15, -0.1) is 10.2 Å². The van der Waals surface area contributed by atoms with Gasteiger partial charge in [0.05, 0.1) is 11.3 Å². The minimum absolute atomic E-state index is 0.234. The molecule has 1 aliphatic rings. The Morgan fingerprint density at radius 2 is 1.93 bits per heavy atom. The number of halogens is 1. The highest BCUT2D eigenvalue weighted by Gasteiger charge is 2.37. The molecule has 0 fully saturated rings. The Bertz CT molecular complexity index is 1110. The molecule has 1 aromatic carbocycles. The zero-order valence-corrected chi connectivity index (χ0v) is 15.7. The average Bonchev–Trinajstić information content (AvgIpc) is 3.05. The maximum absolute atomic E-state index is 12.9. The summed E-state index contributed by atoms with van der Waals surface area (Å²) >= 11 is 5.98. The molecule has 3 aromatic rings. The lowest BCUT2D eigenvalue weighted by atomic mass is 10.2. The van der Waals surface area contributed by atoms with Gasteiger partial charge in [-0.3, -0.25) is 19.6 Å². The van der Waals surface area contributed by atoms with Crippen molar-refractivity contribution in [3.8, 4) is 0 Å². The van der Waals surface area contributed by atoms with Gasteiger partial charge in [0.25, 0.3) is 5.91 Å². The minimum Gasteiger partial charge on any atom is -0.279 e. The SMILES string of the molecule is CN1C(=O)N(C)c2c(N=Nc3cccc(Cl)c3)c1nn2C(=O)c1cccnc1. The molecule has 0 spiro atoms. The summed E-state index contributed by atoms with van der Waals surface area (Å²) in [5.41, 5.74) is 1.18. The van der Waals surface area contributed by atoms with E-state index in [1.54, 1.807) is 56.7 Å². The fraction of sp³-hybridized carbons (Fsp3) is 0.111. The Hall–Kier alpha value is -3.59. The van der Waals surface area contributed by atoms with Crippen LogP contribution in [0.2, 0.25) is 5.02 Å². The molecule has 9 nitrogen and oxygen atoms in total. The number of benzene rings is 1. The average molecular weight is 396 g/mol. The maximum atomic E-state index is 12.9. The minimum atomic E-state index is -0.427. The van der Waals surface area contributed by atoms with E-state index in [0.717, 1.165) is 4.68 Å². The van der Waals surface area contributed by atoms with Gasteiger partial charge in [-0.1, -0.05) is 17.7 Å². The van der Waals surface area contributed by atoms with E-state index in [9.17, 15) is 9.59 Å². The van der Waals surface area contributed by atoms with Gasteiger partial charge in [0, 0.05) is 31.5 Å². The molecule has 2 bridgehead atoms. The topological polar surface area (TPSA) is 96.0 Å². The summed E-state index contributed by atoms with van der Waals surface area (Å²) in [7, 11) is 3.10. The first-order valence-electron chi connectivity index (χ1n) is 8.24. The number of pyridine rings is 1. The van der Waals surface area contributed by atoms with Gasteiger partial charge < -0.3 is 0 Å². The van der Waals surface area contributed by atoms with E-state index in [2.05, 4.69) is 20.3 Å². The van der Waals surface area contributed by atoms with Gasteiger partial charge in [-0.2, -0.15) is 9.80 Å². The molecule has 0 N–H and O–H groups in total.